The molecular weight excluding hydrogens is 328 g/mol. The Morgan fingerprint density at radius 2 is 1.95 bits per heavy atom. The molecule has 0 aliphatic carbocycles. The summed E-state index contributed by atoms with van der Waals surface area (Å²) in [6, 6.07) is 7.01. The van der Waals surface area contributed by atoms with Gasteiger partial charge in [-0.1, -0.05) is 12.1 Å². The number of sulfonamides is 1. The number of hydrogen-bond donors (Lipinski definition) is 1. The van der Waals surface area contributed by atoms with Gasteiger partial charge in [-0.2, -0.15) is 0 Å². The summed E-state index contributed by atoms with van der Waals surface area (Å²) in [5, 5.41) is 0. The van der Waals surface area contributed by atoms with Gasteiger partial charge in [0.1, 0.15) is 4.90 Å². The fourth-order valence-corrected chi connectivity index (χ4v) is 3.23. The van der Waals surface area contributed by atoms with Crippen molar-refractivity contribution in [2.45, 2.75) is 18.7 Å². The predicted octanol–water partition coefficient (Wildman–Crippen LogP) is 3.26. The highest BCUT2D eigenvalue weighted by Crippen LogP contribution is 2.22. The first kappa shape index (κ1) is 14.0. The third kappa shape index (κ3) is 3.13. The van der Waals surface area contributed by atoms with Crippen LogP contribution >= 0.6 is 15.9 Å². The molecule has 0 saturated heterocycles. The minimum absolute atomic E-state index is 0.128. The minimum Gasteiger partial charge on any atom is -0.279 e. The maximum atomic E-state index is 12.2. The molecule has 2 aromatic rings. The average molecular weight is 341 g/mol. The van der Waals surface area contributed by atoms with Crippen molar-refractivity contribution in [2.75, 3.05) is 4.72 Å². The SMILES string of the molecule is Cc1cccc(NS(=O)(=O)c2cncc(Br)c2)c1C. The molecule has 2 rings (SSSR count). The average Bonchev–Trinajstić information content (AvgIpc) is 2.35. The summed E-state index contributed by atoms with van der Waals surface area (Å²) in [4.78, 5) is 3.99. The second kappa shape index (κ2) is 5.30. The molecule has 0 bridgehead atoms. The highest BCUT2D eigenvalue weighted by atomic mass is 79.9. The van der Waals surface area contributed by atoms with E-state index in [1.807, 2.05) is 26.0 Å². The van der Waals surface area contributed by atoms with Crippen molar-refractivity contribution in [3.63, 3.8) is 0 Å². The number of halogens is 1. The first-order valence-electron chi connectivity index (χ1n) is 5.60. The fourth-order valence-electron chi connectivity index (χ4n) is 1.60. The van der Waals surface area contributed by atoms with Crippen molar-refractivity contribution in [3.8, 4) is 0 Å². The summed E-state index contributed by atoms with van der Waals surface area (Å²) < 4.78 is 27.7. The quantitative estimate of drug-likeness (QED) is 0.932. The first-order chi connectivity index (χ1) is 8.90. The molecule has 1 N–H and O–H groups in total. The summed E-state index contributed by atoms with van der Waals surface area (Å²) in [7, 11) is -3.62. The zero-order valence-corrected chi connectivity index (χ0v) is 12.9. The molecule has 1 aromatic carbocycles. The number of pyridine rings is 1. The summed E-state index contributed by atoms with van der Waals surface area (Å²) in [5.74, 6) is 0. The molecule has 1 aromatic heterocycles. The van der Waals surface area contributed by atoms with Crippen LogP contribution in [0.1, 0.15) is 11.1 Å². The zero-order chi connectivity index (χ0) is 14.0. The predicted molar refractivity (Wildman–Crippen MR) is 78.7 cm³/mol. The Morgan fingerprint density at radius 3 is 2.63 bits per heavy atom. The molecule has 0 atom stereocenters. The molecular formula is C13H13BrN2O2S. The van der Waals surface area contributed by atoms with Crippen LogP contribution in [0.25, 0.3) is 0 Å². The van der Waals surface area contributed by atoms with E-state index in [9.17, 15) is 8.42 Å². The van der Waals surface area contributed by atoms with Crippen LogP contribution in [0.5, 0.6) is 0 Å². The molecule has 0 unspecified atom stereocenters. The van der Waals surface area contributed by atoms with Crippen molar-refractivity contribution in [1.82, 2.24) is 4.98 Å². The Labute approximate surface area is 121 Å². The maximum Gasteiger partial charge on any atom is 0.263 e. The molecule has 0 saturated carbocycles. The van der Waals surface area contributed by atoms with Crippen LogP contribution in [0.15, 0.2) is 46.0 Å². The molecule has 0 spiro atoms. The second-order valence-corrected chi connectivity index (χ2v) is 6.79. The largest absolute Gasteiger partial charge is 0.279 e. The third-order valence-corrected chi connectivity index (χ3v) is 4.61. The number of aryl methyl sites for hydroxylation is 1. The zero-order valence-electron chi connectivity index (χ0n) is 10.5. The van der Waals surface area contributed by atoms with Gasteiger partial charge in [-0.3, -0.25) is 9.71 Å². The van der Waals surface area contributed by atoms with Gasteiger partial charge in [-0.15, -0.1) is 0 Å². The van der Waals surface area contributed by atoms with Gasteiger partial charge >= 0.3 is 0 Å². The van der Waals surface area contributed by atoms with Crippen LogP contribution in [0.4, 0.5) is 5.69 Å². The van der Waals surface area contributed by atoms with Gasteiger partial charge < -0.3 is 0 Å². The summed E-state index contributed by atoms with van der Waals surface area (Å²) >= 11 is 3.21. The lowest BCUT2D eigenvalue weighted by molar-refractivity contribution is 0.600. The van der Waals surface area contributed by atoms with E-state index < -0.39 is 10.0 Å². The van der Waals surface area contributed by atoms with Crippen LogP contribution in [-0.4, -0.2) is 13.4 Å². The van der Waals surface area contributed by atoms with E-state index in [2.05, 4.69) is 25.6 Å². The van der Waals surface area contributed by atoms with E-state index in [0.717, 1.165) is 11.1 Å². The number of nitrogens with one attached hydrogen (secondary N) is 1. The molecule has 0 fully saturated rings. The number of nitrogens with zero attached hydrogens (tertiary/aromatic N) is 1. The number of anilines is 1. The summed E-state index contributed by atoms with van der Waals surface area (Å²) in [6.45, 7) is 3.82. The van der Waals surface area contributed by atoms with Gasteiger partial charge in [0.05, 0.1) is 5.69 Å². The van der Waals surface area contributed by atoms with Gasteiger partial charge in [-0.05, 0) is 53.0 Å². The Kier molecular flexibility index (Phi) is 3.91. The van der Waals surface area contributed by atoms with E-state index in [-0.39, 0.29) is 4.90 Å². The van der Waals surface area contributed by atoms with Gasteiger partial charge in [0.25, 0.3) is 10.0 Å². The second-order valence-electron chi connectivity index (χ2n) is 4.19. The lowest BCUT2D eigenvalue weighted by atomic mass is 10.1. The molecule has 0 aliphatic heterocycles. The van der Waals surface area contributed by atoms with Crippen LogP contribution in [-0.2, 0) is 10.0 Å². The number of rotatable bonds is 3. The Bertz CT molecular complexity index is 714. The Hall–Kier alpha value is -1.40. The van der Waals surface area contributed by atoms with Crippen LogP contribution < -0.4 is 4.72 Å². The highest BCUT2D eigenvalue weighted by molar-refractivity contribution is 9.10. The van der Waals surface area contributed by atoms with Gasteiger partial charge in [0.15, 0.2) is 0 Å². The lowest BCUT2D eigenvalue weighted by Gasteiger charge is -2.12. The Balaban J connectivity index is 2.39. The highest BCUT2D eigenvalue weighted by Gasteiger charge is 2.16. The standard InChI is InChI=1S/C13H13BrN2O2S/c1-9-4-3-5-13(10(9)2)16-19(17,18)12-6-11(14)7-15-8-12/h3-8,16H,1-2H3. The molecule has 0 aliphatic rings. The van der Waals surface area contributed by atoms with E-state index in [0.29, 0.717) is 10.2 Å². The van der Waals surface area contributed by atoms with E-state index in [4.69, 9.17) is 0 Å². The van der Waals surface area contributed by atoms with Gasteiger partial charge in [-0.25, -0.2) is 8.42 Å². The van der Waals surface area contributed by atoms with Crippen molar-refractivity contribution >= 4 is 31.6 Å². The van der Waals surface area contributed by atoms with Gasteiger partial charge in [0, 0.05) is 16.9 Å². The van der Waals surface area contributed by atoms with Crippen LogP contribution in [0.3, 0.4) is 0 Å². The minimum atomic E-state index is -3.62. The van der Waals surface area contributed by atoms with Crippen molar-refractivity contribution in [1.29, 1.82) is 0 Å². The number of aromatic nitrogens is 1. The summed E-state index contributed by atoms with van der Waals surface area (Å²) in [6.07, 6.45) is 2.86. The smallest absolute Gasteiger partial charge is 0.263 e. The first-order valence-corrected chi connectivity index (χ1v) is 7.87. The number of benzene rings is 1. The van der Waals surface area contributed by atoms with Gasteiger partial charge in [0.2, 0.25) is 0 Å². The maximum absolute atomic E-state index is 12.2. The molecule has 100 valence electrons. The molecule has 0 radical (unpaired) electrons. The number of hydrogen-bond acceptors (Lipinski definition) is 3. The van der Waals surface area contributed by atoms with E-state index >= 15 is 0 Å². The van der Waals surface area contributed by atoms with Crippen LogP contribution in [0.2, 0.25) is 0 Å². The molecule has 19 heavy (non-hydrogen) atoms. The molecule has 0 amide bonds. The monoisotopic (exact) mass is 340 g/mol. The summed E-state index contributed by atoms with van der Waals surface area (Å²) in [5.41, 5.74) is 2.53. The Morgan fingerprint density at radius 1 is 1.21 bits per heavy atom. The molecule has 6 heteroatoms. The molecule has 4 nitrogen and oxygen atoms in total. The third-order valence-electron chi connectivity index (χ3n) is 2.84. The van der Waals surface area contributed by atoms with E-state index in [1.54, 1.807) is 6.07 Å². The van der Waals surface area contributed by atoms with E-state index in [1.165, 1.54) is 18.5 Å². The van der Waals surface area contributed by atoms with Crippen LogP contribution in [0, 0.1) is 13.8 Å². The fraction of sp³-hybridized carbons (Fsp3) is 0.154. The van der Waals surface area contributed by atoms with Crippen molar-refractivity contribution in [2.24, 2.45) is 0 Å². The lowest BCUT2D eigenvalue weighted by Crippen LogP contribution is -2.14. The normalized spacial score (nSPS) is 11.3. The van der Waals surface area contributed by atoms with Crippen molar-refractivity contribution < 1.29 is 8.42 Å². The topological polar surface area (TPSA) is 59.1 Å². The van der Waals surface area contributed by atoms with Crippen molar-refractivity contribution in [3.05, 3.63) is 52.3 Å². The molecule has 1 heterocycles.